The fourth-order valence-corrected chi connectivity index (χ4v) is 4.82. The molecule has 0 aliphatic rings. The Kier molecular flexibility index (Phi) is 4.42. The number of hydrogen-bond donors (Lipinski definition) is 1. The zero-order chi connectivity index (χ0) is 17.5. The van der Waals surface area contributed by atoms with Gasteiger partial charge in [0.1, 0.15) is 9.90 Å². The Hall–Kier alpha value is -1.83. The summed E-state index contributed by atoms with van der Waals surface area (Å²) in [4.78, 5) is 4.65. The van der Waals surface area contributed by atoms with Crippen molar-refractivity contribution in [3.63, 3.8) is 0 Å². The van der Waals surface area contributed by atoms with Crippen molar-refractivity contribution in [2.75, 3.05) is 4.72 Å². The van der Waals surface area contributed by atoms with Crippen molar-refractivity contribution in [3.05, 3.63) is 52.1 Å². The van der Waals surface area contributed by atoms with Crippen molar-refractivity contribution in [1.29, 1.82) is 0 Å². The molecule has 3 rings (SSSR count). The maximum Gasteiger partial charge on any atom is 0.263 e. The molecule has 0 amide bonds. The number of aromatic nitrogens is 2. The Labute approximate surface area is 150 Å². The van der Waals surface area contributed by atoms with Crippen molar-refractivity contribution >= 4 is 38.6 Å². The molecule has 0 aliphatic carbocycles. The van der Waals surface area contributed by atoms with Gasteiger partial charge in [-0.2, -0.15) is 0 Å². The molecule has 2 heterocycles. The molecule has 0 aliphatic heterocycles. The molecule has 3 aromatic rings. The van der Waals surface area contributed by atoms with Gasteiger partial charge in [-0.15, -0.1) is 11.3 Å². The summed E-state index contributed by atoms with van der Waals surface area (Å²) in [5.74, 6) is 0. The van der Waals surface area contributed by atoms with Crippen molar-refractivity contribution in [2.45, 2.75) is 18.7 Å². The molecule has 1 aromatic carbocycles. The number of nitrogens with one attached hydrogen (secondary N) is 1. The van der Waals surface area contributed by atoms with Gasteiger partial charge < -0.3 is 4.57 Å². The molecule has 126 valence electrons. The fraction of sp³-hybridized carbons (Fsp3) is 0.188. The van der Waals surface area contributed by atoms with Gasteiger partial charge in [-0.25, -0.2) is 13.4 Å². The van der Waals surface area contributed by atoms with Crippen LogP contribution in [0.4, 0.5) is 5.69 Å². The summed E-state index contributed by atoms with van der Waals surface area (Å²) in [7, 11) is -1.92. The van der Waals surface area contributed by atoms with Crippen molar-refractivity contribution in [3.8, 4) is 10.7 Å². The maximum atomic E-state index is 12.8. The fourth-order valence-electron chi connectivity index (χ4n) is 2.36. The maximum absolute atomic E-state index is 12.8. The summed E-state index contributed by atoms with van der Waals surface area (Å²) >= 11 is 7.54. The van der Waals surface area contributed by atoms with Crippen LogP contribution in [0.2, 0.25) is 5.02 Å². The smallest absolute Gasteiger partial charge is 0.263 e. The standard InChI is InChI=1S/C16H16ClN3O2S2/c1-10-9-23-16(18-10)14-8-15(11(2)20(14)3)24(21,22)19-13-7-5-4-6-12(13)17/h4-9,19H,1-3H3. The molecule has 0 saturated heterocycles. The van der Waals surface area contributed by atoms with E-state index < -0.39 is 10.0 Å². The number of thiazole rings is 1. The minimum Gasteiger partial charge on any atom is -0.345 e. The van der Waals surface area contributed by atoms with Crippen LogP contribution in [0.15, 0.2) is 40.6 Å². The molecule has 0 spiro atoms. The predicted molar refractivity (Wildman–Crippen MR) is 98.3 cm³/mol. The number of sulfonamides is 1. The van der Waals surface area contributed by atoms with Crippen LogP contribution < -0.4 is 4.72 Å². The number of halogens is 1. The number of hydrogen-bond acceptors (Lipinski definition) is 4. The topological polar surface area (TPSA) is 64.0 Å². The summed E-state index contributed by atoms with van der Waals surface area (Å²) in [6.45, 7) is 3.68. The molecule has 2 aromatic heterocycles. The minimum atomic E-state index is -3.75. The SMILES string of the molecule is Cc1csc(-c2cc(S(=O)(=O)Nc3ccccc3Cl)c(C)n2C)n1. The third kappa shape index (κ3) is 3.07. The highest BCUT2D eigenvalue weighted by Crippen LogP contribution is 2.31. The third-order valence-electron chi connectivity index (χ3n) is 3.73. The number of nitrogens with zero attached hydrogens (tertiary/aromatic N) is 2. The molecular formula is C16H16ClN3O2S2. The van der Waals surface area contributed by atoms with Crippen molar-refractivity contribution in [1.82, 2.24) is 9.55 Å². The molecule has 5 nitrogen and oxygen atoms in total. The average Bonchev–Trinajstić information content (AvgIpc) is 3.07. The lowest BCUT2D eigenvalue weighted by Gasteiger charge is -2.09. The van der Waals surface area contributed by atoms with E-state index in [1.54, 1.807) is 37.3 Å². The van der Waals surface area contributed by atoms with Gasteiger partial charge in [0.2, 0.25) is 0 Å². The summed E-state index contributed by atoms with van der Waals surface area (Å²) in [6, 6.07) is 8.39. The molecule has 0 fully saturated rings. The second-order valence-electron chi connectivity index (χ2n) is 5.42. The van der Waals surface area contributed by atoms with Gasteiger partial charge in [-0.3, -0.25) is 4.72 Å². The Balaban J connectivity index is 2.04. The van der Waals surface area contributed by atoms with Crippen LogP contribution >= 0.6 is 22.9 Å². The zero-order valence-corrected chi connectivity index (χ0v) is 15.8. The van der Waals surface area contributed by atoms with Gasteiger partial charge in [0, 0.05) is 23.8 Å². The number of anilines is 1. The van der Waals surface area contributed by atoms with Gasteiger partial charge in [-0.1, -0.05) is 23.7 Å². The predicted octanol–water partition coefficient (Wildman–Crippen LogP) is 4.22. The van der Waals surface area contributed by atoms with Crippen LogP contribution in [0.1, 0.15) is 11.4 Å². The lowest BCUT2D eigenvalue weighted by molar-refractivity contribution is 0.600. The molecule has 0 saturated carbocycles. The molecule has 0 atom stereocenters. The van der Waals surface area contributed by atoms with E-state index in [0.717, 1.165) is 16.4 Å². The summed E-state index contributed by atoms with van der Waals surface area (Å²) in [5, 5.41) is 3.08. The number of benzene rings is 1. The van der Waals surface area contributed by atoms with Crippen molar-refractivity contribution in [2.24, 2.45) is 7.05 Å². The molecule has 0 bridgehead atoms. The summed E-state index contributed by atoms with van der Waals surface area (Å²) in [5.41, 5.74) is 2.67. The van der Waals surface area contributed by atoms with Crippen LogP contribution in [0.3, 0.4) is 0 Å². The first-order chi connectivity index (χ1) is 11.3. The molecule has 24 heavy (non-hydrogen) atoms. The van der Waals surface area contributed by atoms with Gasteiger partial charge >= 0.3 is 0 Å². The van der Waals surface area contributed by atoms with Crippen LogP contribution in [-0.4, -0.2) is 18.0 Å². The van der Waals surface area contributed by atoms with E-state index in [4.69, 9.17) is 11.6 Å². The zero-order valence-electron chi connectivity index (χ0n) is 13.4. The largest absolute Gasteiger partial charge is 0.345 e. The van der Waals surface area contributed by atoms with E-state index in [1.807, 2.05) is 23.9 Å². The first-order valence-electron chi connectivity index (χ1n) is 7.16. The second kappa shape index (κ2) is 6.23. The average molecular weight is 382 g/mol. The third-order valence-corrected chi connectivity index (χ3v) is 6.53. The van der Waals surface area contributed by atoms with E-state index >= 15 is 0 Å². The first-order valence-corrected chi connectivity index (χ1v) is 9.90. The summed E-state index contributed by atoms with van der Waals surface area (Å²) in [6.07, 6.45) is 0. The van der Waals surface area contributed by atoms with Crippen molar-refractivity contribution < 1.29 is 8.42 Å². The molecule has 1 N–H and O–H groups in total. The first kappa shape index (κ1) is 17.0. The lowest BCUT2D eigenvalue weighted by Crippen LogP contribution is -2.14. The monoisotopic (exact) mass is 381 g/mol. The Morgan fingerprint density at radius 1 is 1.25 bits per heavy atom. The second-order valence-corrected chi connectivity index (χ2v) is 8.33. The number of aryl methyl sites for hydroxylation is 1. The summed E-state index contributed by atoms with van der Waals surface area (Å²) < 4.78 is 29.9. The molecule has 8 heteroatoms. The van der Waals surface area contributed by atoms with Crippen LogP contribution in [0.25, 0.3) is 10.7 Å². The van der Waals surface area contributed by atoms with E-state index in [-0.39, 0.29) is 4.90 Å². The highest BCUT2D eigenvalue weighted by atomic mass is 35.5. The van der Waals surface area contributed by atoms with E-state index in [1.165, 1.54) is 11.3 Å². The highest BCUT2D eigenvalue weighted by molar-refractivity contribution is 7.92. The van der Waals surface area contributed by atoms with Crippen LogP contribution in [0.5, 0.6) is 0 Å². The van der Waals surface area contributed by atoms with Gasteiger partial charge in [0.05, 0.1) is 16.4 Å². The van der Waals surface area contributed by atoms with Gasteiger partial charge in [0.15, 0.2) is 0 Å². The van der Waals surface area contributed by atoms with E-state index in [2.05, 4.69) is 9.71 Å². The highest BCUT2D eigenvalue weighted by Gasteiger charge is 2.24. The number of para-hydroxylation sites is 1. The van der Waals surface area contributed by atoms with E-state index in [9.17, 15) is 8.42 Å². The molecular weight excluding hydrogens is 366 g/mol. The van der Waals surface area contributed by atoms with Crippen LogP contribution in [0, 0.1) is 13.8 Å². The van der Waals surface area contributed by atoms with Gasteiger partial charge in [-0.05, 0) is 32.0 Å². The minimum absolute atomic E-state index is 0.216. The number of rotatable bonds is 4. The normalized spacial score (nSPS) is 11.7. The Morgan fingerprint density at radius 3 is 2.58 bits per heavy atom. The van der Waals surface area contributed by atoms with E-state index in [0.29, 0.717) is 16.4 Å². The Bertz CT molecular complexity index is 1010. The quantitative estimate of drug-likeness (QED) is 0.735. The molecule has 0 unspecified atom stereocenters. The van der Waals surface area contributed by atoms with Gasteiger partial charge in [0.25, 0.3) is 10.0 Å². The lowest BCUT2D eigenvalue weighted by atomic mass is 10.3. The molecule has 0 radical (unpaired) electrons. The van der Waals surface area contributed by atoms with Crippen LogP contribution in [-0.2, 0) is 17.1 Å². The Morgan fingerprint density at radius 2 is 1.96 bits per heavy atom.